The second-order valence-electron chi connectivity index (χ2n) is 10.4. The van der Waals surface area contributed by atoms with Crippen LogP contribution in [0.2, 0.25) is 0 Å². The van der Waals surface area contributed by atoms with E-state index in [4.69, 9.17) is 19.3 Å². The molecular formula is C29H34F3N5O4S. The molecule has 9 nitrogen and oxygen atoms in total. The van der Waals surface area contributed by atoms with Crippen molar-refractivity contribution in [3.8, 4) is 17.6 Å². The standard InChI is InChI=1S/C29H34F3N5O4S/c1-39-27-15-22(42-33)7-8-25(27)34-11-3-4-20-14-23-24(5-2-6-26(23)37(20)18-29(30,31)32)35-19-9-12-36(13-10-19)16-21-17-40-28(38)41-21/h2,5-8,15,19-21,34-35H,9-14,16-18,33H2,1H3. The van der Waals surface area contributed by atoms with Crippen LogP contribution in [-0.4, -0.2) is 81.9 Å². The van der Waals surface area contributed by atoms with Crippen LogP contribution in [0, 0.1) is 11.8 Å². The number of rotatable bonds is 9. The molecule has 3 aliphatic rings. The Bertz CT molecular complexity index is 1330. The number of benzene rings is 2. The quantitative estimate of drug-likeness (QED) is 0.216. The fourth-order valence-electron chi connectivity index (χ4n) is 5.60. The molecule has 0 aromatic heterocycles. The zero-order valence-corrected chi connectivity index (χ0v) is 24.0. The van der Waals surface area contributed by atoms with Crippen LogP contribution < -0.4 is 25.4 Å². The highest BCUT2D eigenvalue weighted by Crippen LogP contribution is 2.39. The van der Waals surface area contributed by atoms with Crippen LogP contribution >= 0.6 is 11.9 Å². The lowest BCUT2D eigenvalue weighted by atomic mass is 10.0. The van der Waals surface area contributed by atoms with Crippen molar-refractivity contribution in [1.82, 2.24) is 4.90 Å². The molecule has 0 bridgehead atoms. The number of carbonyl (C=O) groups is 1. The molecule has 0 saturated carbocycles. The Labute approximate surface area is 247 Å². The maximum absolute atomic E-state index is 13.6. The van der Waals surface area contributed by atoms with Gasteiger partial charge in [-0.05, 0) is 55.1 Å². The van der Waals surface area contributed by atoms with Gasteiger partial charge in [-0.2, -0.15) is 13.2 Å². The van der Waals surface area contributed by atoms with Crippen LogP contribution in [0.5, 0.6) is 5.75 Å². The number of carbonyl (C=O) groups excluding carboxylic acids is 1. The van der Waals surface area contributed by atoms with Crippen LogP contribution in [0.3, 0.4) is 0 Å². The number of piperidine rings is 1. The molecule has 2 unspecified atom stereocenters. The Balaban J connectivity index is 1.23. The summed E-state index contributed by atoms with van der Waals surface area (Å²) in [5.41, 5.74) is 2.98. The Kier molecular flexibility index (Phi) is 9.45. The lowest BCUT2D eigenvalue weighted by Gasteiger charge is -2.33. The zero-order chi connectivity index (χ0) is 29.7. The molecule has 2 atom stereocenters. The molecular weight excluding hydrogens is 571 g/mol. The monoisotopic (exact) mass is 605 g/mol. The second kappa shape index (κ2) is 13.2. The van der Waals surface area contributed by atoms with E-state index in [0.717, 1.165) is 59.7 Å². The predicted octanol–water partition coefficient (Wildman–Crippen LogP) is 4.48. The molecule has 3 heterocycles. The summed E-state index contributed by atoms with van der Waals surface area (Å²) >= 11 is 1.11. The molecule has 2 aromatic rings. The average Bonchev–Trinajstić information content (AvgIpc) is 3.54. The minimum absolute atomic E-state index is 0.180. The Morgan fingerprint density at radius 3 is 2.69 bits per heavy atom. The van der Waals surface area contributed by atoms with Gasteiger partial charge in [0.05, 0.1) is 25.4 Å². The summed E-state index contributed by atoms with van der Waals surface area (Å²) in [6.07, 6.45) is -3.12. The number of hydrogen-bond donors (Lipinski definition) is 3. The largest absolute Gasteiger partial charge is 0.508 e. The lowest BCUT2D eigenvalue weighted by molar-refractivity contribution is -0.120. The highest BCUT2D eigenvalue weighted by Gasteiger charge is 2.39. The number of nitrogens with one attached hydrogen (secondary N) is 2. The number of likely N-dealkylation sites (tertiary alicyclic amines) is 1. The first kappa shape index (κ1) is 30.0. The molecule has 0 amide bonds. The summed E-state index contributed by atoms with van der Waals surface area (Å²) in [6.45, 7) is 1.72. The van der Waals surface area contributed by atoms with Gasteiger partial charge in [0, 0.05) is 53.9 Å². The summed E-state index contributed by atoms with van der Waals surface area (Å²) in [5.74, 6) is 6.70. The van der Waals surface area contributed by atoms with Crippen LogP contribution in [0.4, 0.5) is 35.0 Å². The molecule has 0 spiro atoms. The zero-order valence-electron chi connectivity index (χ0n) is 23.2. The van der Waals surface area contributed by atoms with Crippen molar-refractivity contribution in [3.63, 3.8) is 0 Å². The van der Waals surface area contributed by atoms with Gasteiger partial charge in [-0.3, -0.25) is 10.0 Å². The van der Waals surface area contributed by atoms with E-state index in [1.807, 2.05) is 18.2 Å². The van der Waals surface area contributed by atoms with E-state index in [2.05, 4.69) is 27.4 Å². The number of cyclic esters (lactones) is 2. The minimum Gasteiger partial charge on any atom is -0.495 e. The number of fused-ring (bicyclic) bond motifs is 1. The maximum Gasteiger partial charge on any atom is 0.508 e. The number of hydrogen-bond acceptors (Lipinski definition) is 10. The van der Waals surface area contributed by atoms with Gasteiger partial charge in [-0.15, -0.1) is 0 Å². The van der Waals surface area contributed by atoms with Crippen molar-refractivity contribution in [1.29, 1.82) is 0 Å². The van der Waals surface area contributed by atoms with Crippen molar-refractivity contribution >= 4 is 35.2 Å². The van der Waals surface area contributed by atoms with E-state index in [0.29, 0.717) is 24.4 Å². The van der Waals surface area contributed by atoms with Gasteiger partial charge in [-0.25, -0.2) is 4.79 Å². The van der Waals surface area contributed by atoms with Crippen LogP contribution in [0.15, 0.2) is 41.3 Å². The van der Waals surface area contributed by atoms with E-state index in [1.54, 1.807) is 25.3 Å². The number of anilines is 3. The van der Waals surface area contributed by atoms with Crippen LogP contribution in [0.1, 0.15) is 18.4 Å². The number of methoxy groups -OCH3 is 1. The molecule has 3 aliphatic heterocycles. The number of alkyl halides is 3. The van der Waals surface area contributed by atoms with Gasteiger partial charge in [0.25, 0.3) is 0 Å². The third-order valence-electron chi connectivity index (χ3n) is 7.59. The smallest absolute Gasteiger partial charge is 0.495 e. The molecule has 2 fully saturated rings. The van der Waals surface area contributed by atoms with Gasteiger partial charge in [0.2, 0.25) is 0 Å². The molecule has 4 N–H and O–H groups in total. The first-order valence-electron chi connectivity index (χ1n) is 13.8. The van der Waals surface area contributed by atoms with Gasteiger partial charge in [0.15, 0.2) is 6.10 Å². The summed E-state index contributed by atoms with van der Waals surface area (Å²) in [5, 5.41) is 12.4. The SMILES string of the molecule is COc1cc(SN)ccc1NCC#CC1Cc2c(NC3CCN(CC4COC(=O)O4)CC3)cccc2N1CC(F)(F)F. The van der Waals surface area contributed by atoms with E-state index >= 15 is 0 Å². The van der Waals surface area contributed by atoms with E-state index < -0.39 is 24.9 Å². The van der Waals surface area contributed by atoms with Gasteiger partial charge in [-0.1, -0.05) is 17.9 Å². The van der Waals surface area contributed by atoms with Crippen molar-refractivity contribution in [3.05, 3.63) is 42.0 Å². The third-order valence-corrected chi connectivity index (χ3v) is 8.11. The van der Waals surface area contributed by atoms with Crippen molar-refractivity contribution < 1.29 is 32.2 Å². The minimum atomic E-state index is -4.37. The molecule has 5 rings (SSSR count). The highest BCUT2D eigenvalue weighted by molar-refractivity contribution is 7.97. The molecule has 0 radical (unpaired) electrons. The topological polar surface area (TPSA) is 101 Å². The normalized spacial score (nSPS) is 20.8. The van der Waals surface area contributed by atoms with Crippen molar-refractivity contribution in [2.75, 3.05) is 62.0 Å². The lowest BCUT2D eigenvalue weighted by Crippen LogP contribution is -2.43. The van der Waals surface area contributed by atoms with Gasteiger partial charge < -0.3 is 29.7 Å². The number of ether oxygens (including phenoxy) is 3. The molecule has 226 valence electrons. The Hall–Kier alpha value is -3.47. The number of nitrogens with zero attached hydrogens (tertiary/aromatic N) is 2. The summed E-state index contributed by atoms with van der Waals surface area (Å²) in [4.78, 5) is 15.6. The van der Waals surface area contributed by atoms with E-state index in [-0.39, 0.29) is 25.3 Å². The highest BCUT2D eigenvalue weighted by atomic mass is 32.2. The Morgan fingerprint density at radius 1 is 1.19 bits per heavy atom. The predicted molar refractivity (Wildman–Crippen MR) is 156 cm³/mol. The second-order valence-corrected chi connectivity index (χ2v) is 11.1. The first-order chi connectivity index (χ1) is 20.2. The van der Waals surface area contributed by atoms with E-state index in [9.17, 15) is 18.0 Å². The van der Waals surface area contributed by atoms with Crippen molar-refractivity contribution in [2.45, 2.75) is 48.5 Å². The maximum atomic E-state index is 13.6. The summed E-state index contributed by atoms with van der Waals surface area (Å²) < 4.78 is 56.3. The molecule has 42 heavy (non-hydrogen) atoms. The van der Waals surface area contributed by atoms with E-state index in [1.165, 1.54) is 4.90 Å². The average molecular weight is 606 g/mol. The third kappa shape index (κ3) is 7.48. The first-order valence-corrected chi connectivity index (χ1v) is 14.6. The molecule has 2 saturated heterocycles. The molecule has 0 aliphatic carbocycles. The van der Waals surface area contributed by atoms with Crippen molar-refractivity contribution in [2.24, 2.45) is 5.14 Å². The molecule has 13 heteroatoms. The van der Waals surface area contributed by atoms with Crippen LogP contribution in [-0.2, 0) is 15.9 Å². The van der Waals surface area contributed by atoms with Gasteiger partial charge >= 0.3 is 12.3 Å². The van der Waals surface area contributed by atoms with Crippen LogP contribution in [0.25, 0.3) is 0 Å². The summed E-state index contributed by atoms with van der Waals surface area (Å²) in [7, 11) is 1.56. The number of nitrogens with two attached hydrogens (primary N) is 1. The fraction of sp³-hybridized carbons (Fsp3) is 0.483. The summed E-state index contributed by atoms with van der Waals surface area (Å²) in [6, 6.07) is 10.5. The fourth-order valence-corrected chi connectivity index (χ4v) is 5.93. The molecule has 2 aromatic carbocycles. The number of halogens is 3. The van der Waals surface area contributed by atoms with Gasteiger partial charge in [0.1, 0.15) is 18.9 Å². The Morgan fingerprint density at radius 2 is 2.00 bits per heavy atom.